The average Bonchev–Trinajstić information content (AvgIpc) is 3.61. The third kappa shape index (κ3) is 3.51. The number of unbranched alkanes of at least 4 members (excludes halogenated alkanes) is 1. The topological polar surface area (TPSA) is 102 Å². The highest BCUT2D eigenvalue weighted by Gasteiger charge is 2.19. The van der Waals surface area contributed by atoms with Crippen molar-refractivity contribution in [2.45, 2.75) is 32.7 Å². The van der Waals surface area contributed by atoms with Gasteiger partial charge in [-0.05, 0) is 46.7 Å². The maximum Gasteiger partial charge on any atom is 0.198 e. The quantitative estimate of drug-likeness (QED) is 0.389. The maximum atomic E-state index is 4.86. The van der Waals surface area contributed by atoms with E-state index in [4.69, 9.17) is 9.97 Å². The lowest BCUT2D eigenvalue weighted by atomic mass is 10.1. The van der Waals surface area contributed by atoms with Crippen LogP contribution >= 0.6 is 0 Å². The van der Waals surface area contributed by atoms with Crippen molar-refractivity contribution in [3.63, 3.8) is 0 Å². The molecule has 34 heavy (non-hydrogen) atoms. The van der Waals surface area contributed by atoms with Crippen molar-refractivity contribution in [2.24, 2.45) is 0 Å². The van der Waals surface area contributed by atoms with E-state index < -0.39 is 0 Å². The minimum absolute atomic E-state index is 0.578. The molecular formula is C25H23N9. The Morgan fingerprint density at radius 1 is 0.971 bits per heavy atom. The van der Waals surface area contributed by atoms with Gasteiger partial charge in [-0.3, -0.25) is 4.40 Å². The standard InChI is InChI=1S/C25H23N9/c1-2-3-8-20-27-19-7-6-14-26-25(19)34(20)16-17-10-12-18(13-11-17)22-23(24-29-31-32-30-24)33-15-5-4-9-21(33)28-22/h4-7,9-15H,2-3,8,16H2,1H3,(H,29,30,31,32). The first-order chi connectivity index (χ1) is 16.8. The number of aryl methyl sites for hydroxylation is 1. The SMILES string of the molecule is CCCCc1nc2cccnc2n1Cc1ccc(-c2nc3ccccn3c2-c2nnn[nH]2)cc1. The second kappa shape index (κ2) is 8.51. The van der Waals surface area contributed by atoms with Crippen molar-refractivity contribution in [3.05, 3.63) is 78.4 Å². The largest absolute Gasteiger partial charge is 0.308 e. The maximum absolute atomic E-state index is 4.86. The molecule has 0 saturated carbocycles. The van der Waals surface area contributed by atoms with Crippen molar-refractivity contribution in [1.82, 2.24) is 44.5 Å². The predicted molar refractivity (Wildman–Crippen MR) is 129 cm³/mol. The van der Waals surface area contributed by atoms with Crippen LogP contribution in [0, 0.1) is 0 Å². The first-order valence-corrected chi connectivity index (χ1v) is 11.4. The zero-order chi connectivity index (χ0) is 22.9. The van der Waals surface area contributed by atoms with Crippen LogP contribution in [0.1, 0.15) is 31.2 Å². The smallest absolute Gasteiger partial charge is 0.198 e. The minimum atomic E-state index is 0.578. The summed E-state index contributed by atoms with van der Waals surface area (Å²) in [6, 6.07) is 18.4. The van der Waals surface area contributed by atoms with Gasteiger partial charge in [0, 0.05) is 24.4 Å². The molecule has 9 heteroatoms. The van der Waals surface area contributed by atoms with E-state index in [-0.39, 0.29) is 0 Å². The summed E-state index contributed by atoms with van der Waals surface area (Å²) in [6.45, 7) is 2.92. The third-order valence-corrected chi connectivity index (χ3v) is 6.00. The summed E-state index contributed by atoms with van der Waals surface area (Å²) in [5.41, 5.74) is 6.55. The lowest BCUT2D eigenvalue weighted by Gasteiger charge is -2.09. The van der Waals surface area contributed by atoms with Crippen LogP contribution < -0.4 is 0 Å². The first kappa shape index (κ1) is 20.2. The number of benzene rings is 1. The molecule has 1 N–H and O–H groups in total. The Kier molecular flexibility index (Phi) is 5.06. The van der Waals surface area contributed by atoms with Gasteiger partial charge in [0.2, 0.25) is 0 Å². The number of pyridine rings is 2. The van der Waals surface area contributed by atoms with Crippen LogP contribution in [-0.2, 0) is 13.0 Å². The molecule has 0 spiro atoms. The molecule has 6 aromatic rings. The Labute approximate surface area is 195 Å². The second-order valence-corrected chi connectivity index (χ2v) is 8.25. The monoisotopic (exact) mass is 449 g/mol. The van der Waals surface area contributed by atoms with Crippen molar-refractivity contribution in [2.75, 3.05) is 0 Å². The third-order valence-electron chi connectivity index (χ3n) is 6.00. The Balaban J connectivity index is 1.37. The van der Waals surface area contributed by atoms with Gasteiger partial charge in [-0.25, -0.2) is 20.1 Å². The Hall–Kier alpha value is -4.40. The van der Waals surface area contributed by atoms with Crippen LogP contribution in [0.25, 0.3) is 39.6 Å². The fourth-order valence-corrected chi connectivity index (χ4v) is 4.33. The summed E-state index contributed by atoms with van der Waals surface area (Å²) in [7, 11) is 0. The van der Waals surface area contributed by atoms with Crippen LogP contribution in [0.15, 0.2) is 67.0 Å². The molecule has 6 rings (SSSR count). The Morgan fingerprint density at radius 3 is 2.71 bits per heavy atom. The lowest BCUT2D eigenvalue weighted by molar-refractivity contribution is 0.686. The predicted octanol–water partition coefficient (Wildman–Crippen LogP) is 4.32. The summed E-state index contributed by atoms with van der Waals surface area (Å²) in [6.07, 6.45) is 6.98. The van der Waals surface area contributed by atoms with Gasteiger partial charge in [0.1, 0.15) is 28.4 Å². The molecule has 0 aliphatic carbocycles. The number of H-pyrrole nitrogens is 1. The molecule has 0 bridgehead atoms. The fourth-order valence-electron chi connectivity index (χ4n) is 4.33. The summed E-state index contributed by atoms with van der Waals surface area (Å²) in [5, 5.41) is 14.5. The van der Waals surface area contributed by atoms with Crippen LogP contribution in [0.4, 0.5) is 0 Å². The number of nitrogens with one attached hydrogen (secondary N) is 1. The van der Waals surface area contributed by atoms with Gasteiger partial charge in [-0.2, -0.15) is 0 Å². The Morgan fingerprint density at radius 2 is 1.88 bits per heavy atom. The number of fused-ring (bicyclic) bond motifs is 2. The minimum Gasteiger partial charge on any atom is -0.308 e. The molecule has 9 nitrogen and oxygen atoms in total. The Bertz CT molecular complexity index is 1560. The highest BCUT2D eigenvalue weighted by atomic mass is 15.5. The van der Waals surface area contributed by atoms with Gasteiger partial charge in [-0.15, -0.1) is 5.10 Å². The number of hydrogen-bond donors (Lipinski definition) is 1. The van der Waals surface area contributed by atoms with Crippen molar-refractivity contribution >= 4 is 16.8 Å². The zero-order valence-corrected chi connectivity index (χ0v) is 18.8. The van der Waals surface area contributed by atoms with Gasteiger partial charge in [0.15, 0.2) is 11.5 Å². The summed E-state index contributed by atoms with van der Waals surface area (Å²) < 4.78 is 4.23. The molecule has 5 heterocycles. The van der Waals surface area contributed by atoms with Gasteiger partial charge >= 0.3 is 0 Å². The van der Waals surface area contributed by atoms with E-state index in [1.54, 1.807) is 0 Å². The number of hydrogen-bond acceptors (Lipinski definition) is 6. The van der Waals surface area contributed by atoms with E-state index in [0.717, 1.165) is 65.4 Å². The highest BCUT2D eigenvalue weighted by molar-refractivity contribution is 5.79. The second-order valence-electron chi connectivity index (χ2n) is 8.25. The molecule has 0 atom stereocenters. The molecule has 0 unspecified atom stereocenters. The first-order valence-electron chi connectivity index (χ1n) is 11.4. The number of tetrazole rings is 1. The molecule has 1 aromatic carbocycles. The fraction of sp³-hybridized carbons (Fsp3) is 0.200. The van der Waals surface area contributed by atoms with E-state index >= 15 is 0 Å². The lowest BCUT2D eigenvalue weighted by Crippen LogP contribution is -2.06. The van der Waals surface area contributed by atoms with Gasteiger partial charge in [0.25, 0.3) is 0 Å². The van der Waals surface area contributed by atoms with E-state index in [1.807, 2.05) is 47.1 Å². The van der Waals surface area contributed by atoms with Crippen molar-refractivity contribution in [3.8, 4) is 22.8 Å². The van der Waals surface area contributed by atoms with Gasteiger partial charge in [-0.1, -0.05) is 43.7 Å². The zero-order valence-electron chi connectivity index (χ0n) is 18.8. The molecule has 0 fully saturated rings. The molecule has 0 amide bonds. The number of imidazole rings is 2. The van der Waals surface area contributed by atoms with Crippen molar-refractivity contribution in [1.29, 1.82) is 0 Å². The molecule has 168 valence electrons. The average molecular weight is 450 g/mol. The van der Waals surface area contributed by atoms with Crippen LogP contribution in [0.5, 0.6) is 0 Å². The number of aromatic nitrogens is 9. The molecule has 5 aromatic heterocycles. The van der Waals surface area contributed by atoms with E-state index in [1.165, 1.54) is 5.56 Å². The van der Waals surface area contributed by atoms with Crippen LogP contribution in [0.2, 0.25) is 0 Å². The van der Waals surface area contributed by atoms with E-state index in [9.17, 15) is 0 Å². The van der Waals surface area contributed by atoms with Crippen LogP contribution in [0.3, 0.4) is 0 Å². The molecule has 0 aliphatic heterocycles. The molecule has 0 radical (unpaired) electrons. The van der Waals surface area contributed by atoms with Gasteiger partial charge in [0.05, 0.1) is 6.54 Å². The molecule has 0 aliphatic rings. The summed E-state index contributed by atoms with van der Waals surface area (Å²) >= 11 is 0. The van der Waals surface area contributed by atoms with Gasteiger partial charge < -0.3 is 4.57 Å². The summed E-state index contributed by atoms with van der Waals surface area (Å²) in [4.78, 5) is 14.3. The highest BCUT2D eigenvalue weighted by Crippen LogP contribution is 2.31. The number of nitrogens with zero attached hydrogens (tertiary/aromatic N) is 8. The van der Waals surface area contributed by atoms with E-state index in [2.05, 4.69) is 61.4 Å². The molecule has 0 saturated heterocycles. The number of aromatic amines is 1. The van der Waals surface area contributed by atoms with Crippen LogP contribution in [-0.4, -0.2) is 44.5 Å². The van der Waals surface area contributed by atoms with Crippen molar-refractivity contribution < 1.29 is 0 Å². The summed E-state index contributed by atoms with van der Waals surface area (Å²) in [5.74, 6) is 1.66. The normalized spacial score (nSPS) is 11.6. The van der Waals surface area contributed by atoms with E-state index in [0.29, 0.717) is 5.82 Å². The molecular weight excluding hydrogens is 426 g/mol. The number of rotatable bonds is 7.